The van der Waals surface area contributed by atoms with Crippen molar-refractivity contribution in [2.24, 2.45) is 11.8 Å². The number of hydrogen-bond donors (Lipinski definition) is 1. The first-order valence-electron chi connectivity index (χ1n) is 5.38. The normalized spacial score (nSPS) is 28.5. The van der Waals surface area contributed by atoms with Gasteiger partial charge in [-0.2, -0.15) is 0 Å². The summed E-state index contributed by atoms with van der Waals surface area (Å²) in [5.41, 5.74) is 0. The fourth-order valence-corrected chi connectivity index (χ4v) is 2.04. The lowest BCUT2D eigenvalue weighted by Crippen LogP contribution is -2.54. The van der Waals surface area contributed by atoms with Crippen molar-refractivity contribution in [1.29, 1.82) is 0 Å². The van der Waals surface area contributed by atoms with Gasteiger partial charge in [-0.05, 0) is 37.5 Å². The molecule has 0 radical (unpaired) electrons. The Morgan fingerprint density at radius 2 is 1.77 bits per heavy atom. The summed E-state index contributed by atoms with van der Waals surface area (Å²) in [6, 6.07) is 0.687. The van der Waals surface area contributed by atoms with E-state index in [0.29, 0.717) is 6.04 Å². The van der Waals surface area contributed by atoms with Crippen molar-refractivity contribution in [2.45, 2.75) is 31.7 Å². The van der Waals surface area contributed by atoms with E-state index in [1.165, 1.54) is 25.7 Å². The summed E-state index contributed by atoms with van der Waals surface area (Å²) in [5.74, 6) is 1.80. The third kappa shape index (κ3) is 1.52. The van der Waals surface area contributed by atoms with Crippen LogP contribution in [0.4, 0.5) is 4.79 Å². The van der Waals surface area contributed by atoms with E-state index in [9.17, 15) is 4.79 Å². The molecule has 2 saturated carbocycles. The second kappa shape index (κ2) is 2.63. The summed E-state index contributed by atoms with van der Waals surface area (Å²) in [5, 5.41) is 3.02. The van der Waals surface area contributed by atoms with Crippen LogP contribution >= 0.6 is 0 Å². The lowest BCUT2D eigenvalue weighted by atomic mass is 9.95. The van der Waals surface area contributed by atoms with E-state index >= 15 is 0 Å². The van der Waals surface area contributed by atoms with E-state index in [-0.39, 0.29) is 6.03 Å². The van der Waals surface area contributed by atoms with Gasteiger partial charge in [-0.15, -0.1) is 0 Å². The standard InChI is InChI=1S/C10H16N2O/c13-10(11-9-3-4-9)12-5-8(6-12)7-1-2-7/h7-9H,1-6H2,(H,11,13). The Hall–Kier alpha value is -0.730. The van der Waals surface area contributed by atoms with Crippen molar-refractivity contribution in [2.75, 3.05) is 13.1 Å². The summed E-state index contributed by atoms with van der Waals surface area (Å²) < 4.78 is 0. The highest BCUT2D eigenvalue weighted by Crippen LogP contribution is 2.41. The third-order valence-corrected chi connectivity index (χ3v) is 3.39. The zero-order valence-corrected chi connectivity index (χ0v) is 7.83. The topological polar surface area (TPSA) is 32.3 Å². The molecule has 13 heavy (non-hydrogen) atoms. The molecular formula is C10H16N2O. The second-order valence-electron chi connectivity index (χ2n) is 4.73. The minimum Gasteiger partial charge on any atom is -0.335 e. The lowest BCUT2D eigenvalue weighted by molar-refractivity contribution is 0.108. The Labute approximate surface area is 78.5 Å². The van der Waals surface area contributed by atoms with Crippen molar-refractivity contribution in [3.63, 3.8) is 0 Å². The highest BCUT2D eigenvalue weighted by Gasteiger charge is 2.41. The highest BCUT2D eigenvalue weighted by atomic mass is 16.2. The molecule has 3 aliphatic rings. The largest absolute Gasteiger partial charge is 0.335 e. The number of urea groups is 1. The summed E-state index contributed by atoms with van der Waals surface area (Å²) in [6.45, 7) is 2.03. The van der Waals surface area contributed by atoms with Crippen molar-refractivity contribution in [1.82, 2.24) is 10.2 Å². The minimum absolute atomic E-state index is 0.180. The molecule has 72 valence electrons. The first-order chi connectivity index (χ1) is 6.33. The Morgan fingerprint density at radius 3 is 2.31 bits per heavy atom. The molecule has 3 rings (SSSR count). The summed E-state index contributed by atoms with van der Waals surface area (Å²) in [4.78, 5) is 13.4. The van der Waals surface area contributed by atoms with Crippen LogP contribution < -0.4 is 5.32 Å². The van der Waals surface area contributed by atoms with Crippen molar-refractivity contribution < 1.29 is 4.79 Å². The number of nitrogens with zero attached hydrogens (tertiary/aromatic N) is 1. The molecule has 0 bridgehead atoms. The van der Waals surface area contributed by atoms with E-state index < -0.39 is 0 Å². The number of carbonyl (C=O) groups is 1. The molecule has 1 aliphatic heterocycles. The molecule has 3 fully saturated rings. The van der Waals surface area contributed by atoms with Gasteiger partial charge in [0.05, 0.1) is 0 Å². The molecule has 0 aromatic rings. The minimum atomic E-state index is 0.180. The maximum absolute atomic E-state index is 11.5. The van der Waals surface area contributed by atoms with E-state index in [1.807, 2.05) is 4.90 Å². The molecule has 2 aliphatic carbocycles. The average molecular weight is 180 g/mol. The summed E-state index contributed by atoms with van der Waals surface area (Å²) in [7, 11) is 0. The number of carbonyl (C=O) groups excluding carboxylic acids is 1. The van der Waals surface area contributed by atoms with Gasteiger partial charge in [0.15, 0.2) is 0 Å². The van der Waals surface area contributed by atoms with Crippen molar-refractivity contribution in [3.8, 4) is 0 Å². The Morgan fingerprint density at radius 1 is 1.08 bits per heavy atom. The third-order valence-electron chi connectivity index (χ3n) is 3.39. The molecule has 0 aromatic heterocycles. The molecular weight excluding hydrogens is 164 g/mol. The lowest BCUT2D eigenvalue weighted by Gasteiger charge is -2.39. The van der Waals surface area contributed by atoms with E-state index in [1.54, 1.807) is 0 Å². The maximum atomic E-state index is 11.5. The van der Waals surface area contributed by atoms with Gasteiger partial charge in [-0.3, -0.25) is 0 Å². The number of hydrogen-bond acceptors (Lipinski definition) is 1. The van der Waals surface area contributed by atoms with Crippen molar-refractivity contribution >= 4 is 6.03 Å². The molecule has 3 heteroatoms. The van der Waals surface area contributed by atoms with E-state index in [4.69, 9.17) is 0 Å². The smallest absolute Gasteiger partial charge is 0.317 e. The van der Waals surface area contributed by atoms with Gasteiger partial charge in [0, 0.05) is 19.1 Å². The van der Waals surface area contributed by atoms with Gasteiger partial charge in [-0.25, -0.2) is 4.79 Å². The maximum Gasteiger partial charge on any atom is 0.317 e. The number of rotatable bonds is 2. The summed E-state index contributed by atoms with van der Waals surface area (Å²) in [6.07, 6.45) is 5.18. The highest BCUT2D eigenvalue weighted by molar-refractivity contribution is 5.75. The molecule has 0 atom stereocenters. The molecule has 0 aromatic carbocycles. The number of amides is 2. The van der Waals surface area contributed by atoms with Gasteiger partial charge in [0.2, 0.25) is 0 Å². The zero-order chi connectivity index (χ0) is 8.84. The number of likely N-dealkylation sites (tertiary alicyclic amines) is 1. The van der Waals surface area contributed by atoms with Gasteiger partial charge >= 0.3 is 6.03 Å². The Kier molecular flexibility index (Phi) is 1.55. The molecule has 1 heterocycles. The van der Waals surface area contributed by atoms with Crippen LogP contribution in [0.1, 0.15) is 25.7 Å². The number of nitrogens with one attached hydrogen (secondary N) is 1. The van der Waals surface area contributed by atoms with Crippen LogP contribution in [0.3, 0.4) is 0 Å². The average Bonchev–Trinajstić information content (AvgIpc) is 2.74. The van der Waals surface area contributed by atoms with Gasteiger partial charge < -0.3 is 10.2 Å². The monoisotopic (exact) mass is 180 g/mol. The predicted molar refractivity (Wildman–Crippen MR) is 49.3 cm³/mol. The SMILES string of the molecule is O=C(NC1CC1)N1CC(C2CC2)C1. The van der Waals surface area contributed by atoms with E-state index in [0.717, 1.165) is 24.9 Å². The van der Waals surface area contributed by atoms with Crippen LogP contribution in [0.2, 0.25) is 0 Å². The van der Waals surface area contributed by atoms with Gasteiger partial charge in [0.25, 0.3) is 0 Å². The fourth-order valence-electron chi connectivity index (χ4n) is 2.04. The fraction of sp³-hybridized carbons (Fsp3) is 0.900. The Bertz CT molecular complexity index is 227. The van der Waals surface area contributed by atoms with E-state index in [2.05, 4.69) is 5.32 Å². The van der Waals surface area contributed by atoms with Crippen LogP contribution in [0, 0.1) is 11.8 Å². The molecule has 2 amide bonds. The molecule has 1 N–H and O–H groups in total. The quantitative estimate of drug-likeness (QED) is 0.680. The van der Waals surface area contributed by atoms with Crippen LogP contribution in [-0.2, 0) is 0 Å². The zero-order valence-electron chi connectivity index (χ0n) is 7.83. The predicted octanol–water partition coefficient (Wildman–Crippen LogP) is 1.20. The second-order valence-corrected chi connectivity index (χ2v) is 4.73. The van der Waals surface area contributed by atoms with Crippen LogP contribution in [0.25, 0.3) is 0 Å². The summed E-state index contributed by atoms with van der Waals surface area (Å²) >= 11 is 0. The molecule has 0 spiro atoms. The van der Waals surface area contributed by atoms with Crippen LogP contribution in [0.15, 0.2) is 0 Å². The van der Waals surface area contributed by atoms with Crippen LogP contribution in [-0.4, -0.2) is 30.1 Å². The van der Waals surface area contributed by atoms with Crippen LogP contribution in [0.5, 0.6) is 0 Å². The first-order valence-corrected chi connectivity index (χ1v) is 5.38. The van der Waals surface area contributed by atoms with Gasteiger partial charge in [0.1, 0.15) is 0 Å². The van der Waals surface area contributed by atoms with Gasteiger partial charge in [-0.1, -0.05) is 0 Å². The first kappa shape index (κ1) is 7.65. The van der Waals surface area contributed by atoms with Crippen molar-refractivity contribution in [3.05, 3.63) is 0 Å². The molecule has 0 unspecified atom stereocenters. The molecule has 1 saturated heterocycles. The Balaban J connectivity index is 1.43. The molecule has 3 nitrogen and oxygen atoms in total.